The van der Waals surface area contributed by atoms with Crippen molar-refractivity contribution in [3.05, 3.63) is 29.8 Å². The van der Waals surface area contributed by atoms with E-state index in [0.717, 1.165) is 0 Å². The standard InChI is InChI=1S/C17H24N2O5/c1-4-11(3)15(17(22)23)19-14(20)10-18-16(21)12-8-6-7-9-13(12)24-5-2/h6-9,11,15H,4-5,10H2,1-3H3,(H,18,21)(H,19,20)(H,22,23). The Morgan fingerprint density at radius 1 is 1.21 bits per heavy atom. The van der Waals surface area contributed by atoms with Gasteiger partial charge >= 0.3 is 5.97 Å². The van der Waals surface area contributed by atoms with Gasteiger partial charge in [0.1, 0.15) is 11.8 Å². The van der Waals surface area contributed by atoms with Crippen LogP contribution in [0, 0.1) is 5.92 Å². The largest absolute Gasteiger partial charge is 0.493 e. The normalized spacial score (nSPS) is 12.8. The Morgan fingerprint density at radius 3 is 2.46 bits per heavy atom. The van der Waals surface area contributed by atoms with Crippen LogP contribution in [0.25, 0.3) is 0 Å². The van der Waals surface area contributed by atoms with Crippen molar-refractivity contribution in [2.75, 3.05) is 13.2 Å². The summed E-state index contributed by atoms with van der Waals surface area (Å²) in [6.07, 6.45) is 0.616. The molecule has 0 bridgehead atoms. The molecule has 0 aliphatic carbocycles. The number of hydrogen-bond donors (Lipinski definition) is 3. The van der Waals surface area contributed by atoms with Crippen LogP contribution < -0.4 is 15.4 Å². The van der Waals surface area contributed by atoms with Gasteiger partial charge in [-0.15, -0.1) is 0 Å². The van der Waals surface area contributed by atoms with E-state index in [1.807, 2.05) is 13.8 Å². The van der Waals surface area contributed by atoms with Gasteiger partial charge in [-0.1, -0.05) is 32.4 Å². The third-order valence-electron chi connectivity index (χ3n) is 3.64. The molecule has 3 N–H and O–H groups in total. The Kier molecular flexibility index (Phi) is 7.74. The highest BCUT2D eigenvalue weighted by atomic mass is 16.5. The molecule has 0 fully saturated rings. The molecule has 7 heteroatoms. The van der Waals surface area contributed by atoms with Crippen LogP contribution >= 0.6 is 0 Å². The van der Waals surface area contributed by atoms with Crippen LogP contribution in [0.3, 0.4) is 0 Å². The summed E-state index contributed by atoms with van der Waals surface area (Å²) in [6.45, 7) is 5.51. The molecule has 7 nitrogen and oxygen atoms in total. The summed E-state index contributed by atoms with van der Waals surface area (Å²) in [5.74, 6) is -1.87. The van der Waals surface area contributed by atoms with E-state index in [9.17, 15) is 14.4 Å². The van der Waals surface area contributed by atoms with E-state index in [1.165, 1.54) is 0 Å². The first-order valence-electron chi connectivity index (χ1n) is 7.92. The molecule has 0 spiro atoms. The lowest BCUT2D eigenvalue weighted by atomic mass is 9.99. The number of rotatable bonds is 9. The summed E-state index contributed by atoms with van der Waals surface area (Å²) in [4.78, 5) is 35.3. The molecule has 2 unspecified atom stereocenters. The highest BCUT2D eigenvalue weighted by Crippen LogP contribution is 2.17. The highest BCUT2D eigenvalue weighted by molar-refractivity contribution is 5.99. The van der Waals surface area contributed by atoms with E-state index in [0.29, 0.717) is 24.3 Å². The minimum absolute atomic E-state index is 0.208. The fourth-order valence-electron chi connectivity index (χ4n) is 2.10. The van der Waals surface area contributed by atoms with Gasteiger partial charge in [0.15, 0.2) is 0 Å². The van der Waals surface area contributed by atoms with Crippen molar-refractivity contribution in [3.8, 4) is 5.75 Å². The minimum atomic E-state index is -1.09. The zero-order valence-electron chi connectivity index (χ0n) is 14.2. The first-order valence-corrected chi connectivity index (χ1v) is 7.92. The van der Waals surface area contributed by atoms with Crippen LogP contribution in [0.1, 0.15) is 37.6 Å². The number of ether oxygens (including phenoxy) is 1. The van der Waals surface area contributed by atoms with Gasteiger partial charge in [0.25, 0.3) is 5.91 Å². The monoisotopic (exact) mass is 336 g/mol. The van der Waals surface area contributed by atoms with E-state index >= 15 is 0 Å². The molecule has 1 rings (SSSR count). The fourth-order valence-corrected chi connectivity index (χ4v) is 2.10. The molecular weight excluding hydrogens is 312 g/mol. The van der Waals surface area contributed by atoms with Crippen molar-refractivity contribution in [1.29, 1.82) is 0 Å². The van der Waals surface area contributed by atoms with Crippen LogP contribution in [0.5, 0.6) is 5.75 Å². The Balaban J connectivity index is 2.64. The lowest BCUT2D eigenvalue weighted by molar-refractivity contribution is -0.143. The zero-order chi connectivity index (χ0) is 18.1. The van der Waals surface area contributed by atoms with E-state index < -0.39 is 23.8 Å². The molecular formula is C17H24N2O5. The average Bonchev–Trinajstić information content (AvgIpc) is 2.57. The van der Waals surface area contributed by atoms with Gasteiger partial charge in [-0.3, -0.25) is 9.59 Å². The number of benzene rings is 1. The third kappa shape index (κ3) is 5.57. The second-order valence-electron chi connectivity index (χ2n) is 5.38. The van der Waals surface area contributed by atoms with Crippen LogP contribution in [0.4, 0.5) is 0 Å². The predicted molar refractivity (Wildman–Crippen MR) is 89.0 cm³/mol. The number of carboxylic acids is 1. The molecule has 1 aromatic carbocycles. The van der Waals surface area contributed by atoms with E-state index in [1.54, 1.807) is 31.2 Å². The molecule has 0 aliphatic heterocycles. The molecule has 24 heavy (non-hydrogen) atoms. The second kappa shape index (κ2) is 9.54. The van der Waals surface area contributed by atoms with Crippen molar-refractivity contribution >= 4 is 17.8 Å². The van der Waals surface area contributed by atoms with Gasteiger partial charge in [0.2, 0.25) is 5.91 Å². The van der Waals surface area contributed by atoms with Crippen molar-refractivity contribution in [3.63, 3.8) is 0 Å². The second-order valence-corrected chi connectivity index (χ2v) is 5.38. The van der Waals surface area contributed by atoms with Crippen molar-refractivity contribution in [2.45, 2.75) is 33.2 Å². The molecule has 0 aliphatic rings. The lowest BCUT2D eigenvalue weighted by Gasteiger charge is -2.20. The number of carbonyl (C=O) groups excluding carboxylic acids is 2. The fraction of sp³-hybridized carbons (Fsp3) is 0.471. The molecule has 0 saturated carbocycles. The van der Waals surface area contributed by atoms with Crippen LogP contribution in [0.2, 0.25) is 0 Å². The summed E-state index contributed by atoms with van der Waals surface area (Å²) in [6, 6.07) is 5.73. The van der Waals surface area contributed by atoms with Crippen molar-refractivity contribution < 1.29 is 24.2 Å². The van der Waals surface area contributed by atoms with Gasteiger partial charge < -0.3 is 20.5 Å². The number of carbonyl (C=O) groups is 3. The first kappa shape index (κ1) is 19.5. The number of para-hydroxylation sites is 1. The van der Waals surface area contributed by atoms with E-state index in [2.05, 4.69) is 10.6 Å². The highest BCUT2D eigenvalue weighted by Gasteiger charge is 2.25. The summed E-state index contributed by atoms with van der Waals surface area (Å²) < 4.78 is 5.37. The van der Waals surface area contributed by atoms with E-state index in [-0.39, 0.29) is 12.5 Å². The van der Waals surface area contributed by atoms with Crippen LogP contribution in [-0.4, -0.2) is 42.1 Å². The quantitative estimate of drug-likeness (QED) is 0.633. The molecule has 2 amide bonds. The predicted octanol–water partition coefficient (Wildman–Crippen LogP) is 1.43. The summed E-state index contributed by atoms with van der Waals surface area (Å²) in [7, 11) is 0. The maximum atomic E-state index is 12.2. The lowest BCUT2D eigenvalue weighted by Crippen LogP contribution is -2.48. The summed E-state index contributed by atoms with van der Waals surface area (Å²) >= 11 is 0. The zero-order valence-corrected chi connectivity index (χ0v) is 14.2. The number of carboxylic acid groups (broad SMARTS) is 1. The van der Waals surface area contributed by atoms with Gasteiger partial charge in [0, 0.05) is 0 Å². The summed E-state index contributed by atoms with van der Waals surface area (Å²) in [5, 5.41) is 14.1. The van der Waals surface area contributed by atoms with Crippen molar-refractivity contribution in [1.82, 2.24) is 10.6 Å². The maximum absolute atomic E-state index is 12.2. The molecule has 132 valence electrons. The van der Waals surface area contributed by atoms with Crippen LogP contribution in [0.15, 0.2) is 24.3 Å². The van der Waals surface area contributed by atoms with Crippen LogP contribution in [-0.2, 0) is 9.59 Å². The van der Waals surface area contributed by atoms with Crippen molar-refractivity contribution in [2.24, 2.45) is 5.92 Å². The average molecular weight is 336 g/mol. The molecule has 0 heterocycles. The number of hydrogen-bond acceptors (Lipinski definition) is 4. The van der Waals surface area contributed by atoms with Gasteiger partial charge in [0.05, 0.1) is 18.7 Å². The van der Waals surface area contributed by atoms with Gasteiger partial charge in [-0.25, -0.2) is 4.79 Å². The van der Waals surface area contributed by atoms with Gasteiger partial charge in [-0.2, -0.15) is 0 Å². The molecule has 0 radical (unpaired) electrons. The smallest absolute Gasteiger partial charge is 0.326 e. The number of amides is 2. The first-order chi connectivity index (χ1) is 11.4. The Bertz CT molecular complexity index is 588. The summed E-state index contributed by atoms with van der Waals surface area (Å²) in [5.41, 5.74) is 0.323. The third-order valence-corrected chi connectivity index (χ3v) is 3.64. The Labute approximate surface area is 141 Å². The van der Waals surface area contributed by atoms with E-state index in [4.69, 9.17) is 9.84 Å². The van der Waals surface area contributed by atoms with Gasteiger partial charge in [-0.05, 0) is 25.0 Å². The number of aliphatic carboxylic acids is 1. The maximum Gasteiger partial charge on any atom is 0.326 e. The molecule has 2 atom stereocenters. The molecule has 1 aromatic rings. The topological polar surface area (TPSA) is 105 Å². The Morgan fingerprint density at radius 2 is 1.88 bits per heavy atom. The SMILES string of the molecule is CCOc1ccccc1C(=O)NCC(=O)NC(C(=O)O)C(C)CC. The molecule has 0 aromatic heterocycles. The number of nitrogens with one attached hydrogen (secondary N) is 2. The minimum Gasteiger partial charge on any atom is -0.493 e. The Hall–Kier alpha value is -2.57. The molecule has 0 saturated heterocycles.